The maximum atomic E-state index is 12.1. The predicted octanol–water partition coefficient (Wildman–Crippen LogP) is 4.99. The third-order valence-electron chi connectivity index (χ3n) is 4.83. The molecule has 144 valence electrons. The highest BCUT2D eigenvalue weighted by Gasteiger charge is 2.07. The fourth-order valence-corrected chi connectivity index (χ4v) is 3.33. The lowest BCUT2D eigenvalue weighted by Crippen LogP contribution is -2.24. The minimum atomic E-state index is 0.0258. The molecule has 0 aliphatic heterocycles. The Labute approximate surface area is 170 Å². The minimum Gasteiger partial charge on any atom is -0.356 e. The number of rotatable bonds is 7. The molecule has 1 amide bonds. The number of nitrogens with one attached hydrogen (secondary N) is 2. The van der Waals surface area contributed by atoms with Gasteiger partial charge in [-0.3, -0.25) is 4.79 Å². The van der Waals surface area contributed by atoms with Crippen molar-refractivity contribution in [3.8, 4) is 11.1 Å². The van der Waals surface area contributed by atoms with E-state index < -0.39 is 0 Å². The number of aromatic nitrogens is 2. The maximum absolute atomic E-state index is 12.1. The van der Waals surface area contributed by atoms with Crippen molar-refractivity contribution in [3.63, 3.8) is 0 Å². The number of amides is 1. The van der Waals surface area contributed by atoms with Crippen LogP contribution in [-0.2, 0) is 11.2 Å². The van der Waals surface area contributed by atoms with Gasteiger partial charge >= 0.3 is 0 Å². The summed E-state index contributed by atoms with van der Waals surface area (Å²) in [6, 6.07) is 22.5. The lowest BCUT2D eigenvalue weighted by atomic mass is 10.1. The fourth-order valence-electron chi connectivity index (χ4n) is 3.33. The summed E-state index contributed by atoms with van der Waals surface area (Å²) in [5.74, 6) is 0.0258. The summed E-state index contributed by atoms with van der Waals surface area (Å²) in [5.41, 5.74) is 5.34. The summed E-state index contributed by atoms with van der Waals surface area (Å²) in [5, 5.41) is 4.04. The van der Waals surface area contributed by atoms with Crippen molar-refractivity contribution in [1.29, 1.82) is 0 Å². The van der Waals surface area contributed by atoms with Gasteiger partial charge < -0.3 is 10.3 Å². The van der Waals surface area contributed by atoms with Gasteiger partial charge in [0.15, 0.2) is 0 Å². The number of carbonyl (C=O) groups is 1. The fraction of sp³-hybridized carbons (Fsp3) is 0.120. The summed E-state index contributed by atoms with van der Waals surface area (Å²) in [6.45, 7) is 0.647. The number of fused-ring (bicyclic) bond motifs is 1. The molecule has 2 aromatic heterocycles. The van der Waals surface area contributed by atoms with Crippen molar-refractivity contribution in [2.45, 2.75) is 12.8 Å². The first-order valence-electron chi connectivity index (χ1n) is 9.79. The molecule has 4 nitrogen and oxygen atoms in total. The van der Waals surface area contributed by atoms with E-state index in [2.05, 4.69) is 45.6 Å². The molecule has 2 N–H and O–H groups in total. The van der Waals surface area contributed by atoms with Crippen LogP contribution in [0.25, 0.3) is 28.2 Å². The van der Waals surface area contributed by atoms with Gasteiger partial charge in [-0.2, -0.15) is 0 Å². The van der Waals surface area contributed by atoms with Gasteiger partial charge in [-0.05, 0) is 29.2 Å². The summed E-state index contributed by atoms with van der Waals surface area (Å²) >= 11 is 0. The summed E-state index contributed by atoms with van der Waals surface area (Å²) < 4.78 is 0. The second-order valence-corrected chi connectivity index (χ2v) is 6.93. The zero-order valence-corrected chi connectivity index (χ0v) is 16.1. The van der Waals surface area contributed by atoms with Gasteiger partial charge in [0.05, 0.1) is 0 Å². The van der Waals surface area contributed by atoms with Crippen LogP contribution < -0.4 is 5.32 Å². The van der Waals surface area contributed by atoms with Gasteiger partial charge in [-0.25, -0.2) is 4.98 Å². The van der Waals surface area contributed by atoms with Crippen molar-refractivity contribution in [2.75, 3.05) is 6.54 Å². The molecular formula is C25H23N3O. The Morgan fingerprint density at radius 1 is 1.03 bits per heavy atom. The molecule has 4 rings (SSSR count). The molecular weight excluding hydrogens is 358 g/mol. The molecule has 0 aliphatic carbocycles. The summed E-state index contributed by atoms with van der Waals surface area (Å²) in [7, 11) is 0. The Morgan fingerprint density at radius 2 is 1.79 bits per heavy atom. The Balaban J connectivity index is 1.36. The zero-order valence-electron chi connectivity index (χ0n) is 16.1. The van der Waals surface area contributed by atoms with Crippen LogP contribution >= 0.6 is 0 Å². The standard InChI is InChI=1S/C25H23N3O/c29-24(26-15-14-19-8-3-1-4-9-19)13-7-10-20-16-22-23(18-28-25(22)27-17-20)21-11-5-2-6-12-21/h1-12,16-18H,13-15H2,(H,26,29)(H,27,28)/b10-7+. The van der Waals surface area contributed by atoms with E-state index in [1.807, 2.05) is 60.9 Å². The average Bonchev–Trinajstić information content (AvgIpc) is 3.18. The number of H-pyrrole nitrogens is 1. The first kappa shape index (κ1) is 18.7. The van der Waals surface area contributed by atoms with Crippen LogP contribution in [0.2, 0.25) is 0 Å². The zero-order chi connectivity index (χ0) is 19.9. The van der Waals surface area contributed by atoms with Crippen LogP contribution in [0.4, 0.5) is 0 Å². The van der Waals surface area contributed by atoms with Crippen LogP contribution in [0.3, 0.4) is 0 Å². The van der Waals surface area contributed by atoms with Crippen LogP contribution in [0.1, 0.15) is 17.5 Å². The molecule has 4 heteroatoms. The number of nitrogens with zero attached hydrogens (tertiary/aromatic N) is 1. The Hall–Kier alpha value is -3.66. The Morgan fingerprint density at radius 3 is 2.59 bits per heavy atom. The molecule has 0 atom stereocenters. The third kappa shape index (κ3) is 4.79. The lowest BCUT2D eigenvalue weighted by molar-refractivity contribution is -0.120. The lowest BCUT2D eigenvalue weighted by Gasteiger charge is -2.03. The van der Waals surface area contributed by atoms with Crippen molar-refractivity contribution in [3.05, 3.63) is 96.3 Å². The first-order chi connectivity index (χ1) is 14.3. The Kier molecular flexibility index (Phi) is 5.81. The molecule has 0 spiro atoms. The minimum absolute atomic E-state index is 0.0258. The monoisotopic (exact) mass is 381 g/mol. The van der Waals surface area contributed by atoms with E-state index >= 15 is 0 Å². The molecule has 0 radical (unpaired) electrons. The van der Waals surface area contributed by atoms with E-state index in [1.165, 1.54) is 5.56 Å². The molecule has 0 saturated heterocycles. The SMILES string of the molecule is O=C(C/C=C/c1cnc2[nH]cc(-c3ccccc3)c2c1)NCCc1ccccc1. The molecule has 2 aromatic carbocycles. The van der Waals surface area contributed by atoms with E-state index in [0.717, 1.165) is 34.1 Å². The number of hydrogen-bond acceptors (Lipinski definition) is 2. The maximum Gasteiger partial charge on any atom is 0.223 e. The Bertz CT molecular complexity index is 1110. The summed E-state index contributed by atoms with van der Waals surface area (Å²) in [4.78, 5) is 19.8. The normalized spacial score (nSPS) is 11.2. The van der Waals surface area contributed by atoms with Crippen molar-refractivity contribution in [1.82, 2.24) is 15.3 Å². The van der Waals surface area contributed by atoms with E-state index in [1.54, 1.807) is 0 Å². The summed E-state index contributed by atoms with van der Waals surface area (Å²) in [6.07, 6.45) is 8.83. The third-order valence-corrected chi connectivity index (χ3v) is 4.83. The quantitative estimate of drug-likeness (QED) is 0.474. The number of benzene rings is 2. The van der Waals surface area contributed by atoms with E-state index in [4.69, 9.17) is 0 Å². The van der Waals surface area contributed by atoms with Crippen molar-refractivity contribution < 1.29 is 4.79 Å². The molecule has 0 bridgehead atoms. The molecule has 0 unspecified atom stereocenters. The topological polar surface area (TPSA) is 57.8 Å². The second kappa shape index (κ2) is 9.02. The van der Waals surface area contributed by atoms with Gasteiger partial charge in [-0.15, -0.1) is 0 Å². The van der Waals surface area contributed by atoms with Crippen LogP contribution in [-0.4, -0.2) is 22.4 Å². The van der Waals surface area contributed by atoms with Crippen molar-refractivity contribution >= 4 is 23.0 Å². The molecule has 0 saturated carbocycles. The number of carbonyl (C=O) groups excluding carboxylic acids is 1. The average molecular weight is 381 g/mol. The molecule has 4 aromatic rings. The molecule has 2 heterocycles. The number of aromatic amines is 1. The van der Waals surface area contributed by atoms with Gasteiger partial charge in [0.2, 0.25) is 5.91 Å². The largest absolute Gasteiger partial charge is 0.356 e. The number of pyridine rings is 1. The highest BCUT2D eigenvalue weighted by Crippen LogP contribution is 2.28. The predicted molar refractivity (Wildman–Crippen MR) is 118 cm³/mol. The van der Waals surface area contributed by atoms with Gasteiger partial charge in [-0.1, -0.05) is 72.8 Å². The van der Waals surface area contributed by atoms with E-state index in [0.29, 0.717) is 13.0 Å². The smallest absolute Gasteiger partial charge is 0.223 e. The highest BCUT2D eigenvalue weighted by molar-refractivity contribution is 5.94. The van der Waals surface area contributed by atoms with Crippen LogP contribution in [0.15, 0.2) is 85.2 Å². The molecule has 0 aliphatic rings. The van der Waals surface area contributed by atoms with E-state index in [9.17, 15) is 4.79 Å². The van der Waals surface area contributed by atoms with Crippen LogP contribution in [0, 0.1) is 0 Å². The van der Waals surface area contributed by atoms with Gasteiger partial charge in [0.25, 0.3) is 0 Å². The molecule has 0 fully saturated rings. The van der Waals surface area contributed by atoms with Crippen molar-refractivity contribution in [2.24, 2.45) is 0 Å². The molecule has 29 heavy (non-hydrogen) atoms. The van der Waals surface area contributed by atoms with Crippen LogP contribution in [0.5, 0.6) is 0 Å². The second-order valence-electron chi connectivity index (χ2n) is 6.93. The number of hydrogen-bond donors (Lipinski definition) is 2. The van der Waals surface area contributed by atoms with Gasteiger partial charge in [0, 0.05) is 36.3 Å². The highest BCUT2D eigenvalue weighted by atomic mass is 16.1. The first-order valence-corrected chi connectivity index (χ1v) is 9.79. The van der Waals surface area contributed by atoms with E-state index in [-0.39, 0.29) is 5.91 Å². The van der Waals surface area contributed by atoms with Gasteiger partial charge in [0.1, 0.15) is 5.65 Å².